The molecular formula is C13H17N5O2. The van der Waals surface area contributed by atoms with Gasteiger partial charge in [0.2, 0.25) is 5.89 Å². The number of carbonyl (C=O) groups excluding carboxylic acids is 1. The molecule has 1 fully saturated rings. The Bertz CT molecular complexity index is 618. The Kier molecular flexibility index (Phi) is 3.25. The first kappa shape index (κ1) is 12.8. The highest BCUT2D eigenvalue weighted by atomic mass is 16.5. The fourth-order valence-electron chi connectivity index (χ4n) is 2.54. The van der Waals surface area contributed by atoms with Crippen molar-refractivity contribution in [3.05, 3.63) is 29.7 Å². The lowest BCUT2D eigenvalue weighted by atomic mass is 9.97. The van der Waals surface area contributed by atoms with Crippen molar-refractivity contribution in [2.45, 2.75) is 25.7 Å². The van der Waals surface area contributed by atoms with Gasteiger partial charge in [0.15, 0.2) is 5.82 Å². The van der Waals surface area contributed by atoms with Gasteiger partial charge in [-0.1, -0.05) is 5.16 Å². The summed E-state index contributed by atoms with van der Waals surface area (Å²) in [6.45, 7) is 3.15. The molecule has 3 rings (SSSR count). The smallest absolute Gasteiger partial charge is 0.274 e. The van der Waals surface area contributed by atoms with E-state index >= 15 is 0 Å². The third-order valence-electron chi connectivity index (χ3n) is 3.55. The molecule has 1 saturated heterocycles. The Labute approximate surface area is 116 Å². The minimum atomic E-state index is -0.0319. The molecule has 0 spiro atoms. The summed E-state index contributed by atoms with van der Waals surface area (Å²) in [5.74, 6) is 1.37. The van der Waals surface area contributed by atoms with Crippen molar-refractivity contribution in [3.63, 3.8) is 0 Å². The van der Waals surface area contributed by atoms with Gasteiger partial charge in [-0.15, -0.1) is 0 Å². The molecule has 7 nitrogen and oxygen atoms in total. The molecule has 1 unspecified atom stereocenters. The largest absolute Gasteiger partial charge is 0.340 e. The maximum absolute atomic E-state index is 12.4. The van der Waals surface area contributed by atoms with Crippen LogP contribution < -0.4 is 0 Å². The Morgan fingerprint density at radius 2 is 2.35 bits per heavy atom. The Balaban J connectivity index is 1.73. The first-order valence-corrected chi connectivity index (χ1v) is 6.72. The second kappa shape index (κ2) is 5.07. The lowest BCUT2D eigenvalue weighted by Crippen LogP contribution is -2.39. The Morgan fingerprint density at radius 1 is 1.50 bits per heavy atom. The molecule has 0 aliphatic carbocycles. The molecule has 1 amide bonds. The van der Waals surface area contributed by atoms with E-state index in [9.17, 15) is 4.79 Å². The number of carbonyl (C=O) groups is 1. The van der Waals surface area contributed by atoms with Crippen LogP contribution in [0.3, 0.4) is 0 Å². The average Bonchev–Trinajstić information content (AvgIpc) is 3.07. The molecule has 1 aliphatic heterocycles. The molecule has 0 N–H and O–H groups in total. The van der Waals surface area contributed by atoms with Crippen LogP contribution in [0.15, 0.2) is 16.8 Å². The zero-order chi connectivity index (χ0) is 14.1. The topological polar surface area (TPSA) is 77.1 Å². The van der Waals surface area contributed by atoms with E-state index in [2.05, 4.69) is 15.2 Å². The predicted molar refractivity (Wildman–Crippen MR) is 70.1 cm³/mol. The summed E-state index contributed by atoms with van der Waals surface area (Å²) in [7, 11) is 1.80. The number of aromatic nitrogens is 4. The van der Waals surface area contributed by atoms with E-state index in [1.54, 1.807) is 30.9 Å². The van der Waals surface area contributed by atoms with Gasteiger partial charge in [0, 0.05) is 39.2 Å². The number of nitrogens with zero attached hydrogens (tertiary/aromatic N) is 5. The van der Waals surface area contributed by atoms with Gasteiger partial charge >= 0.3 is 0 Å². The van der Waals surface area contributed by atoms with Crippen LogP contribution in [-0.4, -0.2) is 43.8 Å². The van der Waals surface area contributed by atoms with Gasteiger partial charge < -0.3 is 9.42 Å². The van der Waals surface area contributed by atoms with E-state index in [0.717, 1.165) is 19.4 Å². The fourth-order valence-corrected chi connectivity index (χ4v) is 2.54. The van der Waals surface area contributed by atoms with Gasteiger partial charge in [0.1, 0.15) is 5.69 Å². The summed E-state index contributed by atoms with van der Waals surface area (Å²) in [6, 6.07) is 1.74. The third-order valence-corrected chi connectivity index (χ3v) is 3.55. The van der Waals surface area contributed by atoms with Gasteiger partial charge in [-0.3, -0.25) is 9.48 Å². The molecule has 106 valence electrons. The van der Waals surface area contributed by atoms with Gasteiger partial charge in [0.25, 0.3) is 5.91 Å². The average molecular weight is 275 g/mol. The molecule has 0 bridgehead atoms. The van der Waals surface area contributed by atoms with E-state index in [4.69, 9.17) is 4.52 Å². The van der Waals surface area contributed by atoms with Crippen LogP contribution in [0.4, 0.5) is 0 Å². The van der Waals surface area contributed by atoms with Crippen molar-refractivity contribution in [1.82, 2.24) is 24.8 Å². The van der Waals surface area contributed by atoms with Crippen LogP contribution in [0, 0.1) is 6.92 Å². The summed E-state index contributed by atoms with van der Waals surface area (Å²) in [5.41, 5.74) is 0.484. The zero-order valence-electron chi connectivity index (χ0n) is 11.6. The number of aryl methyl sites for hydroxylation is 2. The molecule has 3 heterocycles. The molecular weight excluding hydrogens is 258 g/mol. The fraction of sp³-hybridized carbons (Fsp3) is 0.538. The molecule has 20 heavy (non-hydrogen) atoms. The van der Waals surface area contributed by atoms with Crippen molar-refractivity contribution < 1.29 is 9.32 Å². The molecule has 1 atom stereocenters. The first-order chi connectivity index (χ1) is 9.63. The highest BCUT2D eigenvalue weighted by molar-refractivity contribution is 5.92. The second-order valence-corrected chi connectivity index (χ2v) is 5.14. The summed E-state index contributed by atoms with van der Waals surface area (Å²) >= 11 is 0. The van der Waals surface area contributed by atoms with Gasteiger partial charge in [-0.25, -0.2) is 0 Å². The number of likely N-dealkylation sites (tertiary alicyclic amines) is 1. The van der Waals surface area contributed by atoms with E-state index in [-0.39, 0.29) is 11.8 Å². The van der Waals surface area contributed by atoms with Gasteiger partial charge in [-0.05, 0) is 18.9 Å². The minimum Gasteiger partial charge on any atom is -0.340 e. The van der Waals surface area contributed by atoms with Crippen LogP contribution in [0.1, 0.15) is 41.0 Å². The maximum atomic E-state index is 12.4. The summed E-state index contributed by atoms with van der Waals surface area (Å²) < 4.78 is 6.66. The second-order valence-electron chi connectivity index (χ2n) is 5.14. The first-order valence-electron chi connectivity index (χ1n) is 6.72. The summed E-state index contributed by atoms with van der Waals surface area (Å²) in [5, 5.41) is 8.13. The Hall–Kier alpha value is -2.18. The highest BCUT2D eigenvalue weighted by Gasteiger charge is 2.29. The van der Waals surface area contributed by atoms with Crippen molar-refractivity contribution in [2.75, 3.05) is 13.1 Å². The van der Waals surface area contributed by atoms with E-state index in [1.165, 1.54) is 0 Å². The van der Waals surface area contributed by atoms with Crippen LogP contribution in [0.5, 0.6) is 0 Å². The summed E-state index contributed by atoms with van der Waals surface area (Å²) in [6.07, 6.45) is 3.69. The van der Waals surface area contributed by atoms with Crippen molar-refractivity contribution in [3.8, 4) is 0 Å². The molecule has 2 aromatic heterocycles. The molecule has 7 heteroatoms. The number of amides is 1. The van der Waals surface area contributed by atoms with E-state index in [0.29, 0.717) is 24.0 Å². The normalized spacial score (nSPS) is 19.3. The number of hydrogen-bond donors (Lipinski definition) is 0. The van der Waals surface area contributed by atoms with Crippen LogP contribution in [-0.2, 0) is 7.05 Å². The third kappa shape index (κ3) is 2.43. The van der Waals surface area contributed by atoms with Crippen molar-refractivity contribution in [1.29, 1.82) is 0 Å². The monoisotopic (exact) mass is 275 g/mol. The van der Waals surface area contributed by atoms with Crippen molar-refractivity contribution >= 4 is 5.91 Å². The SMILES string of the molecule is Cc1nc(C2CCCN(C(=O)c3ccn(C)n3)C2)no1. The van der Waals surface area contributed by atoms with Gasteiger partial charge in [-0.2, -0.15) is 10.1 Å². The lowest BCUT2D eigenvalue weighted by Gasteiger charge is -2.30. The lowest BCUT2D eigenvalue weighted by molar-refractivity contribution is 0.0697. The quantitative estimate of drug-likeness (QED) is 0.821. The Morgan fingerprint density at radius 3 is 3.00 bits per heavy atom. The van der Waals surface area contributed by atoms with Gasteiger partial charge in [0.05, 0.1) is 0 Å². The van der Waals surface area contributed by atoms with E-state index < -0.39 is 0 Å². The number of piperidine rings is 1. The molecule has 0 aromatic carbocycles. The minimum absolute atomic E-state index is 0.0319. The molecule has 0 saturated carbocycles. The summed E-state index contributed by atoms with van der Waals surface area (Å²) in [4.78, 5) is 18.5. The predicted octanol–water partition coefficient (Wildman–Crippen LogP) is 1.13. The number of rotatable bonds is 2. The molecule has 2 aromatic rings. The number of hydrogen-bond acceptors (Lipinski definition) is 5. The van der Waals surface area contributed by atoms with Crippen LogP contribution in [0.25, 0.3) is 0 Å². The van der Waals surface area contributed by atoms with Crippen molar-refractivity contribution in [2.24, 2.45) is 7.05 Å². The van der Waals surface area contributed by atoms with Crippen LogP contribution >= 0.6 is 0 Å². The standard InChI is InChI=1S/C13H17N5O2/c1-9-14-12(16-20-9)10-4-3-6-18(8-10)13(19)11-5-7-17(2)15-11/h5,7,10H,3-4,6,8H2,1-2H3. The molecule has 0 radical (unpaired) electrons. The zero-order valence-corrected chi connectivity index (χ0v) is 11.6. The highest BCUT2D eigenvalue weighted by Crippen LogP contribution is 2.25. The van der Waals surface area contributed by atoms with E-state index in [1.807, 2.05) is 4.90 Å². The van der Waals surface area contributed by atoms with Crippen LogP contribution in [0.2, 0.25) is 0 Å². The maximum Gasteiger partial charge on any atom is 0.274 e. The molecule has 1 aliphatic rings.